The zero-order chi connectivity index (χ0) is 27.2. The van der Waals surface area contributed by atoms with Crippen molar-refractivity contribution in [3.8, 4) is 16.9 Å². The van der Waals surface area contributed by atoms with E-state index >= 15 is 4.39 Å². The number of halogens is 6. The second kappa shape index (κ2) is 12.4. The molecule has 38 heavy (non-hydrogen) atoms. The van der Waals surface area contributed by atoms with Crippen LogP contribution in [0.5, 0.6) is 5.75 Å². The Morgan fingerprint density at radius 1 is 0.684 bits per heavy atom. The molecule has 4 aromatic rings. The first-order valence-electron chi connectivity index (χ1n) is 12.7. The molecule has 0 spiro atoms. The summed E-state index contributed by atoms with van der Waals surface area (Å²) in [6.45, 7) is -1.21. The highest BCUT2D eigenvalue weighted by molar-refractivity contribution is 5.88. The first-order chi connectivity index (χ1) is 18.3. The molecule has 0 aliphatic heterocycles. The molecule has 0 saturated heterocycles. The van der Waals surface area contributed by atoms with Gasteiger partial charge in [-0.15, -0.1) is 0 Å². The van der Waals surface area contributed by atoms with Crippen LogP contribution in [0.1, 0.15) is 49.3 Å². The Labute approximate surface area is 218 Å². The van der Waals surface area contributed by atoms with E-state index in [4.69, 9.17) is 0 Å². The summed E-state index contributed by atoms with van der Waals surface area (Å²) < 4.78 is 86.7. The Morgan fingerprint density at radius 2 is 1.42 bits per heavy atom. The molecule has 0 fully saturated rings. The molecule has 7 heteroatoms. The van der Waals surface area contributed by atoms with Gasteiger partial charge >= 0.3 is 6.61 Å². The molecule has 0 aliphatic rings. The minimum absolute atomic E-state index is 0.0827. The lowest BCUT2D eigenvalue weighted by Crippen LogP contribution is -2.06. The minimum atomic E-state index is -3.35. The van der Waals surface area contributed by atoms with Gasteiger partial charge < -0.3 is 4.74 Å². The van der Waals surface area contributed by atoms with E-state index in [-0.39, 0.29) is 24.2 Å². The van der Waals surface area contributed by atoms with Crippen molar-refractivity contribution >= 4 is 10.8 Å². The van der Waals surface area contributed by atoms with Crippen molar-refractivity contribution in [2.75, 3.05) is 0 Å². The third-order valence-electron chi connectivity index (χ3n) is 6.65. The van der Waals surface area contributed by atoms with Gasteiger partial charge in [-0.2, -0.15) is 8.78 Å². The molecule has 0 heterocycles. The summed E-state index contributed by atoms with van der Waals surface area (Å²) in [6, 6.07) is 15.3. The summed E-state index contributed by atoms with van der Waals surface area (Å²) in [6.07, 6.45) is 5.49. The molecular weight excluding hydrogens is 502 g/mol. The lowest BCUT2D eigenvalue weighted by molar-refractivity contribution is -0.0546. The number of ether oxygens (including phenoxy) is 1. The van der Waals surface area contributed by atoms with Gasteiger partial charge in [0.2, 0.25) is 0 Å². The third-order valence-corrected chi connectivity index (χ3v) is 6.65. The normalized spacial score (nSPS) is 11.5. The molecule has 4 rings (SSSR count). The summed E-state index contributed by atoms with van der Waals surface area (Å²) in [5.74, 6) is -4.43. The average Bonchev–Trinajstić information content (AvgIpc) is 2.88. The van der Waals surface area contributed by atoms with Gasteiger partial charge in [0, 0.05) is 10.9 Å². The Bertz CT molecular complexity index is 1390. The summed E-state index contributed by atoms with van der Waals surface area (Å²) in [4.78, 5) is 0. The van der Waals surface area contributed by atoms with Crippen molar-refractivity contribution in [1.82, 2.24) is 0 Å². The fourth-order valence-corrected chi connectivity index (χ4v) is 4.64. The molecule has 4 aromatic carbocycles. The molecule has 0 aliphatic carbocycles. The van der Waals surface area contributed by atoms with Gasteiger partial charge in [0.1, 0.15) is 11.6 Å². The summed E-state index contributed by atoms with van der Waals surface area (Å²) in [5.41, 5.74) is 2.54. The molecular formula is C31H28F6O. The Kier molecular flexibility index (Phi) is 8.97. The first-order valence-corrected chi connectivity index (χ1v) is 12.7. The molecule has 0 radical (unpaired) electrons. The quantitative estimate of drug-likeness (QED) is 0.139. The predicted molar refractivity (Wildman–Crippen MR) is 138 cm³/mol. The largest absolute Gasteiger partial charge is 0.429 e. The van der Waals surface area contributed by atoms with Crippen LogP contribution in [0.2, 0.25) is 0 Å². The van der Waals surface area contributed by atoms with Gasteiger partial charge in [0.05, 0.1) is 0 Å². The Morgan fingerprint density at radius 3 is 2.11 bits per heavy atom. The van der Waals surface area contributed by atoms with Gasteiger partial charge in [-0.05, 0) is 77.6 Å². The summed E-state index contributed by atoms with van der Waals surface area (Å²) >= 11 is 0. The van der Waals surface area contributed by atoms with Crippen molar-refractivity contribution in [2.45, 2.75) is 58.5 Å². The second-order valence-corrected chi connectivity index (χ2v) is 9.37. The van der Waals surface area contributed by atoms with Gasteiger partial charge in [-0.25, -0.2) is 17.6 Å². The Hall–Kier alpha value is -3.48. The van der Waals surface area contributed by atoms with Crippen LogP contribution in [0, 0.1) is 23.3 Å². The van der Waals surface area contributed by atoms with Crippen LogP contribution in [0.3, 0.4) is 0 Å². The maximum Gasteiger partial charge on any atom is 0.387 e. The molecule has 0 atom stereocenters. The van der Waals surface area contributed by atoms with Gasteiger partial charge in [-0.1, -0.05) is 62.6 Å². The lowest BCUT2D eigenvalue weighted by Gasteiger charge is -2.11. The lowest BCUT2D eigenvalue weighted by atomic mass is 9.96. The van der Waals surface area contributed by atoms with E-state index < -0.39 is 29.8 Å². The van der Waals surface area contributed by atoms with E-state index in [1.807, 2.05) is 6.07 Å². The smallest absolute Gasteiger partial charge is 0.387 e. The van der Waals surface area contributed by atoms with Crippen LogP contribution < -0.4 is 4.74 Å². The van der Waals surface area contributed by atoms with E-state index in [0.29, 0.717) is 27.5 Å². The zero-order valence-corrected chi connectivity index (χ0v) is 21.0. The van der Waals surface area contributed by atoms with Crippen molar-refractivity contribution < 1.29 is 31.1 Å². The van der Waals surface area contributed by atoms with Gasteiger partial charge in [0.25, 0.3) is 0 Å². The number of benzene rings is 4. The first kappa shape index (κ1) is 27.6. The van der Waals surface area contributed by atoms with Gasteiger partial charge in [-0.3, -0.25) is 0 Å². The SMILES string of the molecule is CCCCCCc1ccc(-c2ccc3c(F)c(CCc4cc(F)c(OC(F)F)c(F)c4)ccc3c2)c(F)c1. The minimum Gasteiger partial charge on any atom is -0.429 e. The number of aryl methyl sites for hydroxylation is 3. The Balaban J connectivity index is 1.49. The third kappa shape index (κ3) is 6.50. The monoisotopic (exact) mass is 530 g/mol. The fourth-order valence-electron chi connectivity index (χ4n) is 4.64. The maximum atomic E-state index is 15.3. The predicted octanol–water partition coefficient (Wildman–Crippen LogP) is 9.57. The van der Waals surface area contributed by atoms with Crippen LogP contribution in [0.15, 0.2) is 60.7 Å². The van der Waals surface area contributed by atoms with Crippen molar-refractivity contribution in [1.29, 1.82) is 0 Å². The summed E-state index contributed by atoms with van der Waals surface area (Å²) in [5, 5.41) is 0.939. The van der Waals surface area contributed by atoms with E-state index in [1.165, 1.54) is 6.42 Å². The van der Waals surface area contributed by atoms with E-state index in [1.54, 1.807) is 42.5 Å². The van der Waals surface area contributed by atoms with Crippen LogP contribution in [-0.2, 0) is 19.3 Å². The van der Waals surface area contributed by atoms with Crippen LogP contribution in [0.25, 0.3) is 21.9 Å². The standard InChI is InChI=1S/C31H28F6O/c1-2-3-4-5-6-19-8-13-24(26(32)15-19)22-12-14-25-23(18-22)11-10-21(29(25)35)9-7-20-16-27(33)30(28(34)17-20)38-31(36)37/h8,10-18,31H,2-7,9H2,1H3. The fraction of sp³-hybridized carbons (Fsp3) is 0.290. The molecule has 200 valence electrons. The number of unbranched alkanes of at least 4 members (excludes halogenated alkanes) is 3. The molecule has 0 amide bonds. The molecule has 0 unspecified atom stereocenters. The molecule has 1 nitrogen and oxygen atoms in total. The molecule has 0 aromatic heterocycles. The van der Waals surface area contributed by atoms with E-state index in [2.05, 4.69) is 11.7 Å². The number of alkyl halides is 2. The van der Waals surface area contributed by atoms with Crippen LogP contribution in [-0.4, -0.2) is 6.61 Å². The van der Waals surface area contributed by atoms with Crippen molar-refractivity contribution in [3.63, 3.8) is 0 Å². The average molecular weight is 531 g/mol. The number of fused-ring (bicyclic) bond motifs is 1. The number of hydrogen-bond donors (Lipinski definition) is 0. The maximum absolute atomic E-state index is 15.3. The highest BCUT2D eigenvalue weighted by Crippen LogP contribution is 2.31. The van der Waals surface area contributed by atoms with Gasteiger partial charge in [0.15, 0.2) is 17.4 Å². The van der Waals surface area contributed by atoms with Crippen LogP contribution in [0.4, 0.5) is 26.3 Å². The molecule has 0 bridgehead atoms. The second-order valence-electron chi connectivity index (χ2n) is 9.37. The number of rotatable bonds is 11. The van der Waals surface area contributed by atoms with Crippen molar-refractivity contribution in [2.24, 2.45) is 0 Å². The van der Waals surface area contributed by atoms with Crippen LogP contribution >= 0.6 is 0 Å². The topological polar surface area (TPSA) is 9.23 Å². The molecule has 0 N–H and O–H groups in total. The number of hydrogen-bond acceptors (Lipinski definition) is 1. The highest BCUT2D eigenvalue weighted by Gasteiger charge is 2.17. The summed E-state index contributed by atoms with van der Waals surface area (Å²) in [7, 11) is 0. The zero-order valence-electron chi connectivity index (χ0n) is 21.0. The van der Waals surface area contributed by atoms with E-state index in [0.717, 1.165) is 43.4 Å². The van der Waals surface area contributed by atoms with Crippen molar-refractivity contribution in [3.05, 3.63) is 101 Å². The van der Waals surface area contributed by atoms with E-state index in [9.17, 15) is 22.0 Å². The highest BCUT2D eigenvalue weighted by atomic mass is 19.3. The molecule has 0 saturated carbocycles.